The zero-order valence-electron chi connectivity index (χ0n) is 9.36. The maximum absolute atomic E-state index is 8.74. The fraction of sp³-hybridized carbons (Fsp3) is 0.500. The van der Waals surface area contributed by atoms with Crippen LogP contribution in [-0.4, -0.2) is 29.3 Å². The van der Waals surface area contributed by atoms with Crippen LogP contribution in [0, 0.1) is 0 Å². The summed E-state index contributed by atoms with van der Waals surface area (Å²) >= 11 is 7.58. The maximum atomic E-state index is 8.74. The van der Waals surface area contributed by atoms with Gasteiger partial charge in [0.05, 0.1) is 6.61 Å². The van der Waals surface area contributed by atoms with Crippen molar-refractivity contribution in [3.8, 4) is 5.75 Å². The van der Waals surface area contributed by atoms with Crippen molar-refractivity contribution < 1.29 is 9.84 Å². The number of aliphatic hydroxyl groups excluding tert-OH is 1. The molecule has 0 heterocycles. The van der Waals surface area contributed by atoms with Gasteiger partial charge in [-0.3, -0.25) is 0 Å². The van der Waals surface area contributed by atoms with E-state index in [0.29, 0.717) is 11.9 Å². The van der Waals surface area contributed by atoms with E-state index < -0.39 is 0 Å². The first kappa shape index (κ1) is 13.7. The van der Waals surface area contributed by atoms with E-state index in [4.69, 9.17) is 21.4 Å². The van der Waals surface area contributed by atoms with Crippen LogP contribution in [0.15, 0.2) is 24.3 Å². The number of ether oxygens (including phenoxy) is 1. The van der Waals surface area contributed by atoms with Crippen molar-refractivity contribution in [2.75, 3.05) is 19.0 Å². The smallest absolute Gasteiger partial charge is 0.119 e. The third kappa shape index (κ3) is 5.64. The molecule has 1 aromatic carbocycles. The van der Waals surface area contributed by atoms with Crippen LogP contribution < -0.4 is 4.74 Å². The second-order valence-electron chi connectivity index (χ2n) is 3.50. The Morgan fingerprint density at radius 1 is 1.38 bits per heavy atom. The van der Waals surface area contributed by atoms with E-state index in [1.54, 1.807) is 0 Å². The van der Waals surface area contributed by atoms with E-state index in [2.05, 4.69) is 6.92 Å². The Morgan fingerprint density at radius 2 is 2.06 bits per heavy atom. The van der Waals surface area contributed by atoms with Crippen LogP contribution in [-0.2, 0) is 0 Å². The Bertz CT molecular complexity index is 290. The predicted octanol–water partition coefficient (Wildman–Crippen LogP) is 3.22. The molecule has 16 heavy (non-hydrogen) atoms. The summed E-state index contributed by atoms with van der Waals surface area (Å²) in [6.45, 7) is 3.05. The number of hydrogen-bond donors (Lipinski definition) is 1. The standard InChI is InChI=1S/C12H17ClO2S/c1-10(6-7-14)16-9-8-15-12-4-2-11(13)3-5-12/h2-5,10,14H,6-9H2,1H3. The predicted molar refractivity (Wildman–Crippen MR) is 70.6 cm³/mol. The molecule has 0 fully saturated rings. The van der Waals surface area contributed by atoms with Crippen molar-refractivity contribution in [1.82, 2.24) is 0 Å². The van der Waals surface area contributed by atoms with Crippen LogP contribution in [0.25, 0.3) is 0 Å². The van der Waals surface area contributed by atoms with Crippen molar-refractivity contribution in [2.45, 2.75) is 18.6 Å². The molecule has 2 nitrogen and oxygen atoms in total. The highest BCUT2D eigenvalue weighted by Gasteiger charge is 2.01. The summed E-state index contributed by atoms with van der Waals surface area (Å²) < 4.78 is 5.55. The van der Waals surface area contributed by atoms with E-state index in [0.717, 1.165) is 22.9 Å². The van der Waals surface area contributed by atoms with Crippen LogP contribution in [0.3, 0.4) is 0 Å². The van der Waals surface area contributed by atoms with E-state index >= 15 is 0 Å². The largest absolute Gasteiger partial charge is 0.493 e. The molecule has 0 bridgehead atoms. The van der Waals surface area contributed by atoms with Gasteiger partial charge in [-0.25, -0.2) is 0 Å². The quantitative estimate of drug-likeness (QED) is 0.764. The fourth-order valence-electron chi connectivity index (χ4n) is 1.20. The van der Waals surface area contributed by atoms with Crippen molar-refractivity contribution >= 4 is 23.4 Å². The second kappa shape index (κ2) is 7.82. The SMILES string of the molecule is CC(CCO)SCCOc1ccc(Cl)cc1. The normalized spacial score (nSPS) is 12.4. The van der Waals surface area contributed by atoms with Gasteiger partial charge in [-0.05, 0) is 30.7 Å². The Balaban J connectivity index is 2.13. The molecule has 1 N–H and O–H groups in total. The first-order chi connectivity index (χ1) is 7.72. The van der Waals surface area contributed by atoms with Gasteiger partial charge in [-0.1, -0.05) is 18.5 Å². The van der Waals surface area contributed by atoms with E-state index in [1.807, 2.05) is 36.0 Å². The summed E-state index contributed by atoms with van der Waals surface area (Å²) in [6.07, 6.45) is 0.839. The molecule has 1 unspecified atom stereocenters. The highest BCUT2D eigenvalue weighted by atomic mass is 35.5. The molecule has 0 aliphatic carbocycles. The molecule has 0 aromatic heterocycles. The third-order valence-electron chi connectivity index (χ3n) is 2.10. The highest BCUT2D eigenvalue weighted by Crippen LogP contribution is 2.17. The van der Waals surface area contributed by atoms with Crippen LogP contribution in [0.1, 0.15) is 13.3 Å². The zero-order chi connectivity index (χ0) is 11.8. The average Bonchev–Trinajstić information content (AvgIpc) is 2.27. The van der Waals surface area contributed by atoms with Crippen molar-refractivity contribution in [3.63, 3.8) is 0 Å². The lowest BCUT2D eigenvalue weighted by Gasteiger charge is -2.10. The monoisotopic (exact) mass is 260 g/mol. The lowest BCUT2D eigenvalue weighted by Crippen LogP contribution is -2.06. The molecule has 0 aliphatic heterocycles. The number of aliphatic hydroxyl groups is 1. The minimum Gasteiger partial charge on any atom is -0.493 e. The van der Waals surface area contributed by atoms with Gasteiger partial charge in [-0.2, -0.15) is 11.8 Å². The molecule has 0 saturated carbocycles. The summed E-state index contributed by atoms with van der Waals surface area (Å²) in [6, 6.07) is 7.37. The highest BCUT2D eigenvalue weighted by molar-refractivity contribution is 7.99. The summed E-state index contributed by atoms with van der Waals surface area (Å²) in [4.78, 5) is 0. The Hall–Kier alpha value is -0.380. The van der Waals surface area contributed by atoms with Gasteiger partial charge in [-0.15, -0.1) is 0 Å². The zero-order valence-corrected chi connectivity index (χ0v) is 10.9. The molecular weight excluding hydrogens is 244 g/mol. The average molecular weight is 261 g/mol. The molecule has 0 spiro atoms. The van der Waals surface area contributed by atoms with Crippen molar-refractivity contribution in [1.29, 1.82) is 0 Å². The molecule has 0 amide bonds. The molecule has 1 atom stereocenters. The molecule has 1 aromatic rings. The lowest BCUT2D eigenvalue weighted by atomic mass is 10.3. The number of rotatable bonds is 7. The summed E-state index contributed by atoms with van der Waals surface area (Å²) in [5.41, 5.74) is 0. The fourth-order valence-corrected chi connectivity index (χ4v) is 2.18. The molecule has 0 aliphatic rings. The minimum atomic E-state index is 0.256. The first-order valence-electron chi connectivity index (χ1n) is 5.33. The molecule has 0 radical (unpaired) electrons. The Kier molecular flexibility index (Phi) is 6.69. The summed E-state index contributed by atoms with van der Waals surface area (Å²) in [5.74, 6) is 1.78. The topological polar surface area (TPSA) is 29.5 Å². The number of halogens is 1. The van der Waals surface area contributed by atoms with Crippen LogP contribution in [0.2, 0.25) is 5.02 Å². The molecule has 1 rings (SSSR count). The molecule has 0 saturated heterocycles. The van der Waals surface area contributed by atoms with Crippen molar-refractivity contribution in [2.24, 2.45) is 0 Å². The van der Waals surface area contributed by atoms with Gasteiger partial charge < -0.3 is 9.84 Å². The maximum Gasteiger partial charge on any atom is 0.119 e. The Labute approximate surface area is 106 Å². The number of benzene rings is 1. The van der Waals surface area contributed by atoms with Crippen LogP contribution >= 0.6 is 23.4 Å². The molecular formula is C12H17ClO2S. The van der Waals surface area contributed by atoms with E-state index in [9.17, 15) is 0 Å². The van der Waals surface area contributed by atoms with Gasteiger partial charge in [0, 0.05) is 22.6 Å². The summed E-state index contributed by atoms with van der Waals surface area (Å²) in [7, 11) is 0. The Morgan fingerprint density at radius 3 is 2.69 bits per heavy atom. The minimum absolute atomic E-state index is 0.256. The van der Waals surface area contributed by atoms with E-state index in [-0.39, 0.29) is 6.61 Å². The third-order valence-corrected chi connectivity index (χ3v) is 3.56. The van der Waals surface area contributed by atoms with Crippen LogP contribution in [0.5, 0.6) is 5.75 Å². The van der Waals surface area contributed by atoms with E-state index in [1.165, 1.54) is 0 Å². The second-order valence-corrected chi connectivity index (χ2v) is 5.48. The van der Waals surface area contributed by atoms with Gasteiger partial charge >= 0.3 is 0 Å². The van der Waals surface area contributed by atoms with Gasteiger partial charge in [0.2, 0.25) is 0 Å². The lowest BCUT2D eigenvalue weighted by molar-refractivity contribution is 0.288. The summed E-state index contributed by atoms with van der Waals surface area (Å²) in [5, 5.41) is 9.95. The van der Waals surface area contributed by atoms with Crippen LogP contribution in [0.4, 0.5) is 0 Å². The van der Waals surface area contributed by atoms with Gasteiger partial charge in [0.15, 0.2) is 0 Å². The molecule has 90 valence electrons. The number of hydrogen-bond acceptors (Lipinski definition) is 3. The van der Waals surface area contributed by atoms with Crippen molar-refractivity contribution in [3.05, 3.63) is 29.3 Å². The van der Waals surface area contributed by atoms with Gasteiger partial charge in [0.1, 0.15) is 5.75 Å². The molecule has 4 heteroatoms. The first-order valence-corrected chi connectivity index (χ1v) is 6.76. The van der Waals surface area contributed by atoms with Gasteiger partial charge in [0.25, 0.3) is 0 Å². The number of thioether (sulfide) groups is 1.